The van der Waals surface area contributed by atoms with Gasteiger partial charge in [0.15, 0.2) is 0 Å². The van der Waals surface area contributed by atoms with Gasteiger partial charge in [-0.25, -0.2) is 0 Å². The van der Waals surface area contributed by atoms with E-state index in [1.54, 1.807) is 66.1 Å². The van der Waals surface area contributed by atoms with E-state index in [1.807, 2.05) is 0 Å². The Balaban J connectivity index is 1.26. The van der Waals surface area contributed by atoms with E-state index in [0.29, 0.717) is 23.7 Å². The normalized spacial score (nSPS) is 25.5. The number of aromatic nitrogens is 4. The molecule has 4 heteroatoms. The number of fused-ring (bicyclic) bond motifs is 28. The third kappa shape index (κ3) is 4.48. The van der Waals surface area contributed by atoms with Crippen LogP contribution in [0.15, 0.2) is 24.5 Å². The Kier molecular flexibility index (Phi) is 6.80. The molecule has 2 fully saturated rings. The lowest BCUT2D eigenvalue weighted by molar-refractivity contribution is 0.404. The second-order valence-electron chi connectivity index (χ2n) is 28.6. The summed E-state index contributed by atoms with van der Waals surface area (Å²) in [5, 5.41) is 12.3. The number of rotatable bonds is 2. The minimum Gasteiger partial charge on any atom is -0.306 e. The van der Waals surface area contributed by atoms with Crippen LogP contribution in [0.3, 0.4) is 0 Å². The van der Waals surface area contributed by atoms with E-state index in [9.17, 15) is 0 Å². The van der Waals surface area contributed by atoms with E-state index >= 15 is 0 Å². The monoisotopic (exact) mass is 871 g/mol. The molecule has 2 saturated carbocycles. The maximum atomic E-state index is 5.56. The molecule has 3 aromatic carbocycles. The molecule has 4 unspecified atom stereocenters. The zero-order valence-corrected chi connectivity index (χ0v) is 42.5. The maximum absolute atomic E-state index is 5.56. The summed E-state index contributed by atoms with van der Waals surface area (Å²) in [6.07, 6.45) is 16.8. The first-order valence-electron chi connectivity index (χ1n) is 26.3. The summed E-state index contributed by atoms with van der Waals surface area (Å²) in [6.45, 7) is 35.4. The van der Waals surface area contributed by atoms with Crippen LogP contribution >= 0.6 is 0 Å². The number of hydrogen-bond acceptors (Lipinski definition) is 2. The molecule has 6 heterocycles. The van der Waals surface area contributed by atoms with Crippen LogP contribution in [0.25, 0.3) is 76.2 Å². The van der Waals surface area contributed by atoms with E-state index in [0.717, 1.165) is 12.8 Å². The third-order valence-electron chi connectivity index (χ3n) is 19.4. The van der Waals surface area contributed by atoms with E-state index < -0.39 is 0 Å². The molecule has 6 aliphatic rings. The molecular weight excluding hydrogens is 801 g/mol. The lowest BCUT2D eigenvalue weighted by Crippen LogP contribution is -2.18. The molecule has 6 aromatic heterocycles. The van der Waals surface area contributed by atoms with E-state index in [4.69, 9.17) is 9.97 Å². The van der Waals surface area contributed by atoms with Crippen LogP contribution < -0.4 is 0 Å². The Morgan fingerprint density at radius 1 is 0.485 bits per heavy atom. The van der Waals surface area contributed by atoms with Gasteiger partial charge >= 0.3 is 0 Å². The fraction of sp³-hybridized carbons (Fsp3) is 0.548. The zero-order valence-electron chi connectivity index (χ0n) is 42.5. The van der Waals surface area contributed by atoms with Crippen LogP contribution in [0, 0.1) is 10.8 Å². The molecule has 0 radical (unpaired) electrons. The van der Waals surface area contributed by atoms with Gasteiger partial charge in [0, 0.05) is 66.3 Å². The highest BCUT2D eigenvalue weighted by Gasteiger charge is 2.50. The van der Waals surface area contributed by atoms with E-state index in [1.165, 1.54) is 117 Å². The van der Waals surface area contributed by atoms with E-state index in [2.05, 4.69) is 130 Å². The number of nitrogens with zero attached hydrogens (tertiary/aromatic N) is 4. The molecule has 0 aliphatic heterocycles. The molecule has 0 spiro atoms. The molecule has 9 aromatic rings. The highest BCUT2D eigenvalue weighted by molar-refractivity contribution is 6.33. The Bertz CT molecular complexity index is 3500. The van der Waals surface area contributed by atoms with Crippen molar-refractivity contribution in [2.75, 3.05) is 0 Å². The van der Waals surface area contributed by atoms with Crippen LogP contribution in [0.5, 0.6) is 0 Å². The molecule has 15 rings (SSSR count). The van der Waals surface area contributed by atoms with Crippen molar-refractivity contribution in [1.29, 1.82) is 0 Å². The first-order chi connectivity index (χ1) is 31.0. The van der Waals surface area contributed by atoms with Crippen molar-refractivity contribution in [3.8, 4) is 0 Å². The van der Waals surface area contributed by atoms with Crippen molar-refractivity contribution in [3.63, 3.8) is 0 Å². The highest BCUT2D eigenvalue weighted by Crippen LogP contribution is 2.64. The predicted molar refractivity (Wildman–Crippen MR) is 278 cm³/mol. The topological polar surface area (TPSA) is 34.6 Å². The Morgan fingerprint density at radius 2 is 0.864 bits per heavy atom. The molecule has 0 N–H and O–H groups in total. The molecule has 4 atom stereocenters. The summed E-state index contributed by atoms with van der Waals surface area (Å²) in [4.78, 5) is 11.1. The van der Waals surface area contributed by atoms with Crippen molar-refractivity contribution >= 4 is 76.2 Å². The van der Waals surface area contributed by atoms with Gasteiger partial charge in [-0.2, -0.15) is 0 Å². The molecule has 6 aliphatic carbocycles. The average molecular weight is 871 g/mol. The van der Waals surface area contributed by atoms with Gasteiger partial charge in [-0.3, -0.25) is 9.97 Å². The summed E-state index contributed by atoms with van der Waals surface area (Å²) in [5.41, 5.74) is 24.6. The lowest BCUT2D eigenvalue weighted by Gasteiger charge is -2.25. The first-order valence-corrected chi connectivity index (χ1v) is 26.3. The summed E-state index contributed by atoms with van der Waals surface area (Å²) < 4.78 is 5.69. The zero-order chi connectivity index (χ0) is 45.6. The quantitative estimate of drug-likeness (QED) is 0.173. The number of hydrogen-bond donors (Lipinski definition) is 0. The number of benzene rings is 3. The van der Waals surface area contributed by atoms with Gasteiger partial charge in [-0.1, -0.05) is 96.9 Å². The highest BCUT2D eigenvalue weighted by atomic mass is 15.0. The van der Waals surface area contributed by atoms with Gasteiger partial charge in [0.1, 0.15) is 0 Å². The summed E-state index contributed by atoms with van der Waals surface area (Å²) >= 11 is 0. The molecular formula is C62H70N4. The average Bonchev–Trinajstić information content (AvgIpc) is 4.07. The van der Waals surface area contributed by atoms with Gasteiger partial charge in [-0.15, -0.1) is 0 Å². The van der Waals surface area contributed by atoms with Crippen LogP contribution in [0.2, 0.25) is 0 Å². The van der Waals surface area contributed by atoms with Gasteiger partial charge in [0.05, 0.1) is 45.5 Å². The molecule has 338 valence electrons. The second kappa shape index (κ2) is 11.4. The number of pyridine rings is 2. The summed E-state index contributed by atoms with van der Waals surface area (Å²) in [5.74, 6) is 2.49. The fourth-order valence-corrected chi connectivity index (χ4v) is 18.1. The maximum Gasteiger partial charge on any atom is 0.0728 e. The van der Waals surface area contributed by atoms with Crippen molar-refractivity contribution < 1.29 is 0 Å². The summed E-state index contributed by atoms with van der Waals surface area (Å²) in [7, 11) is 0. The minimum atomic E-state index is 0.0480. The first kappa shape index (κ1) is 39.5. The van der Waals surface area contributed by atoms with Crippen molar-refractivity contribution in [1.82, 2.24) is 18.8 Å². The Hall–Kier alpha value is -4.44. The smallest absolute Gasteiger partial charge is 0.0728 e. The van der Waals surface area contributed by atoms with Crippen molar-refractivity contribution in [2.24, 2.45) is 10.8 Å². The molecule has 0 saturated heterocycles. The largest absolute Gasteiger partial charge is 0.306 e. The van der Waals surface area contributed by atoms with Gasteiger partial charge < -0.3 is 8.80 Å². The minimum absolute atomic E-state index is 0.0480. The molecule has 0 amide bonds. The van der Waals surface area contributed by atoms with Crippen LogP contribution in [0.1, 0.15) is 228 Å². The standard InChI is InChI=1S/C62H70N4/c1-57(2,3)23-35-43-33-21-37-49(61(11,12)27-59(37,7)8)47-46-40(26-64-52-32-18-16-30(20-32)42(46)52)66(53(33)47)56(43)36(24-58(4,5)6)44-34-22-38-50(62(13,14)28-60(38,9)10)48-45-39(65(54(34)48)55(35)44)25-63-51-31-17-15-29(19-31)41(45)51/h21-22,25-26,29-32H,15-20,23-24,27-28H2,1-14H3. The van der Waals surface area contributed by atoms with Gasteiger partial charge in [0.25, 0.3) is 0 Å². The molecule has 66 heavy (non-hydrogen) atoms. The van der Waals surface area contributed by atoms with Gasteiger partial charge in [-0.05, 0) is 165 Å². The Labute approximate surface area is 391 Å². The van der Waals surface area contributed by atoms with Crippen LogP contribution in [-0.2, 0) is 34.5 Å². The van der Waals surface area contributed by atoms with Crippen molar-refractivity contribution in [3.05, 3.63) is 80.4 Å². The van der Waals surface area contributed by atoms with Gasteiger partial charge in [0.2, 0.25) is 0 Å². The SMILES string of the molecule is CC(C)(C)Cc1c2c3cc4c(c5c6c7c(ncc6n(c2c(CC(C)(C)C)c2c6cc8c(c9c%10c%11c(ncc%10n(c12)c69)C1CCC%11C1)C(C)(C)CC8(C)C)c35)C1CCC7C1)C(C)(C)CC4(C)C. The summed E-state index contributed by atoms with van der Waals surface area (Å²) in [6, 6.07) is 5.51. The van der Waals surface area contributed by atoms with Crippen LogP contribution in [0.4, 0.5) is 0 Å². The Morgan fingerprint density at radius 3 is 1.24 bits per heavy atom. The van der Waals surface area contributed by atoms with Crippen LogP contribution in [-0.4, -0.2) is 18.8 Å². The third-order valence-corrected chi connectivity index (χ3v) is 19.4. The molecule has 4 bridgehead atoms. The second-order valence-corrected chi connectivity index (χ2v) is 28.6. The molecule has 4 nitrogen and oxygen atoms in total. The van der Waals surface area contributed by atoms with E-state index in [-0.39, 0.29) is 32.5 Å². The lowest BCUT2D eigenvalue weighted by atomic mass is 9.79. The van der Waals surface area contributed by atoms with Crippen molar-refractivity contribution in [2.45, 2.75) is 206 Å². The predicted octanol–water partition coefficient (Wildman–Crippen LogP) is 16.6. The fourth-order valence-electron chi connectivity index (χ4n) is 18.1.